The molecule has 0 heterocycles. The van der Waals surface area contributed by atoms with Crippen molar-refractivity contribution in [2.24, 2.45) is 0 Å². The first-order valence-corrected chi connectivity index (χ1v) is 7.60. The first-order valence-electron chi connectivity index (χ1n) is 6.85. The van der Waals surface area contributed by atoms with Gasteiger partial charge in [0, 0.05) is 5.56 Å². The third-order valence-corrected chi connectivity index (χ3v) is 3.73. The van der Waals surface area contributed by atoms with Gasteiger partial charge in [0.1, 0.15) is 0 Å². The lowest BCUT2D eigenvalue weighted by Gasteiger charge is -2.15. The van der Waals surface area contributed by atoms with Crippen molar-refractivity contribution in [3.05, 3.63) is 63.9 Å². The maximum atomic E-state index is 13.5. The minimum Gasteiger partial charge on any atom is -0.478 e. The summed E-state index contributed by atoms with van der Waals surface area (Å²) >= 11 is 11.6. The van der Waals surface area contributed by atoms with Crippen molar-refractivity contribution in [1.82, 2.24) is 10.9 Å². The first-order chi connectivity index (χ1) is 11.4. The van der Waals surface area contributed by atoms with Gasteiger partial charge in [-0.15, -0.1) is 0 Å². The van der Waals surface area contributed by atoms with Gasteiger partial charge in [-0.2, -0.15) is 0 Å². The molecule has 126 valence electrons. The van der Waals surface area contributed by atoms with Crippen LogP contribution in [-0.2, 0) is 4.79 Å². The molecule has 0 aliphatic rings. The van der Waals surface area contributed by atoms with E-state index in [2.05, 4.69) is 10.9 Å². The second-order valence-corrected chi connectivity index (χ2v) is 5.58. The van der Waals surface area contributed by atoms with Crippen LogP contribution in [0.25, 0.3) is 0 Å². The topological polar surface area (TPSA) is 67.4 Å². The Morgan fingerprint density at radius 1 is 1.08 bits per heavy atom. The van der Waals surface area contributed by atoms with Gasteiger partial charge in [0.05, 0.1) is 10.0 Å². The average Bonchev–Trinajstić information content (AvgIpc) is 2.56. The summed E-state index contributed by atoms with van der Waals surface area (Å²) in [6, 6.07) is 9.98. The fourth-order valence-corrected chi connectivity index (χ4v) is 2.01. The van der Waals surface area contributed by atoms with Crippen LogP contribution in [0.15, 0.2) is 42.5 Å². The Hall–Kier alpha value is -2.31. The molecule has 0 saturated carbocycles. The zero-order chi connectivity index (χ0) is 17.7. The van der Waals surface area contributed by atoms with E-state index in [1.807, 2.05) is 0 Å². The van der Waals surface area contributed by atoms with Gasteiger partial charge in [-0.05, 0) is 37.3 Å². The lowest BCUT2D eigenvalue weighted by molar-refractivity contribution is -0.128. The van der Waals surface area contributed by atoms with E-state index < -0.39 is 23.7 Å². The van der Waals surface area contributed by atoms with E-state index >= 15 is 0 Å². The zero-order valence-electron chi connectivity index (χ0n) is 12.5. The Labute approximate surface area is 147 Å². The van der Waals surface area contributed by atoms with E-state index in [9.17, 15) is 14.0 Å². The summed E-state index contributed by atoms with van der Waals surface area (Å²) in [4.78, 5) is 23.8. The maximum absolute atomic E-state index is 13.5. The van der Waals surface area contributed by atoms with Gasteiger partial charge in [0.25, 0.3) is 11.8 Å². The van der Waals surface area contributed by atoms with Crippen molar-refractivity contribution in [3.8, 4) is 5.75 Å². The van der Waals surface area contributed by atoms with E-state index in [1.54, 1.807) is 6.07 Å². The van der Waals surface area contributed by atoms with Crippen LogP contribution in [0.5, 0.6) is 5.75 Å². The van der Waals surface area contributed by atoms with Gasteiger partial charge in [0.2, 0.25) is 0 Å². The highest BCUT2D eigenvalue weighted by Gasteiger charge is 2.17. The van der Waals surface area contributed by atoms with Crippen molar-refractivity contribution in [1.29, 1.82) is 0 Å². The molecule has 0 fully saturated rings. The lowest BCUT2D eigenvalue weighted by atomic mass is 10.2. The zero-order valence-corrected chi connectivity index (χ0v) is 14.0. The summed E-state index contributed by atoms with van der Waals surface area (Å²) in [5, 5.41) is 0.524. The largest absolute Gasteiger partial charge is 0.478 e. The lowest BCUT2D eigenvalue weighted by Crippen LogP contribution is -2.47. The number of halogens is 3. The smallest absolute Gasteiger partial charge is 0.279 e. The number of hydrogen-bond donors (Lipinski definition) is 2. The fraction of sp³-hybridized carbons (Fsp3) is 0.125. The summed E-state index contributed by atoms with van der Waals surface area (Å²) < 4.78 is 18.7. The molecule has 0 radical (unpaired) electrons. The molecule has 2 N–H and O–H groups in total. The second kappa shape index (κ2) is 7.99. The van der Waals surface area contributed by atoms with Gasteiger partial charge in [-0.3, -0.25) is 20.4 Å². The molecule has 8 heteroatoms. The molecule has 0 bridgehead atoms. The van der Waals surface area contributed by atoms with E-state index in [1.165, 1.54) is 43.3 Å². The minimum atomic E-state index is -1.02. The molecule has 2 aromatic rings. The van der Waals surface area contributed by atoms with Crippen LogP contribution in [0.4, 0.5) is 4.39 Å². The summed E-state index contributed by atoms with van der Waals surface area (Å²) in [5.41, 5.74) is 4.62. The SMILES string of the molecule is CC(Oc1ccccc1F)C(=O)NNC(=O)c1ccc(Cl)c(Cl)c1. The van der Waals surface area contributed by atoms with Gasteiger partial charge < -0.3 is 4.74 Å². The summed E-state index contributed by atoms with van der Waals surface area (Å²) in [7, 11) is 0. The summed E-state index contributed by atoms with van der Waals surface area (Å²) in [5.74, 6) is -1.88. The highest BCUT2D eigenvalue weighted by atomic mass is 35.5. The number of para-hydroxylation sites is 1. The summed E-state index contributed by atoms with van der Waals surface area (Å²) in [6.45, 7) is 1.42. The molecule has 1 unspecified atom stereocenters. The molecule has 1 atom stereocenters. The molecule has 24 heavy (non-hydrogen) atoms. The number of ether oxygens (including phenoxy) is 1. The van der Waals surface area contributed by atoms with Crippen LogP contribution in [0, 0.1) is 5.82 Å². The molecule has 0 spiro atoms. The molecular weight excluding hydrogens is 358 g/mol. The molecule has 0 aromatic heterocycles. The molecule has 0 aliphatic heterocycles. The average molecular weight is 371 g/mol. The number of carbonyl (C=O) groups excluding carboxylic acids is 2. The molecular formula is C16H13Cl2FN2O3. The standard InChI is InChI=1S/C16H13Cl2FN2O3/c1-9(24-14-5-3-2-4-13(14)19)15(22)20-21-16(23)10-6-7-11(17)12(18)8-10/h2-9H,1H3,(H,20,22)(H,21,23). The van der Waals surface area contributed by atoms with Crippen molar-refractivity contribution in [3.63, 3.8) is 0 Å². The van der Waals surface area contributed by atoms with E-state index in [0.29, 0.717) is 5.02 Å². The predicted octanol–water partition coefficient (Wildman–Crippen LogP) is 3.36. The number of rotatable bonds is 4. The fourth-order valence-electron chi connectivity index (χ4n) is 1.71. The Kier molecular flexibility index (Phi) is 6.00. The molecule has 5 nitrogen and oxygen atoms in total. The molecule has 2 aromatic carbocycles. The van der Waals surface area contributed by atoms with E-state index in [-0.39, 0.29) is 16.3 Å². The quantitative estimate of drug-likeness (QED) is 0.810. The van der Waals surface area contributed by atoms with E-state index in [4.69, 9.17) is 27.9 Å². The molecule has 2 amide bonds. The molecule has 0 saturated heterocycles. The Morgan fingerprint density at radius 2 is 1.79 bits per heavy atom. The second-order valence-electron chi connectivity index (χ2n) is 4.76. The van der Waals surface area contributed by atoms with Crippen LogP contribution >= 0.6 is 23.2 Å². The first kappa shape index (κ1) is 18.0. The number of benzene rings is 2. The van der Waals surface area contributed by atoms with Crippen LogP contribution in [0.1, 0.15) is 17.3 Å². The Morgan fingerprint density at radius 3 is 2.46 bits per heavy atom. The van der Waals surface area contributed by atoms with Crippen LogP contribution in [0.2, 0.25) is 10.0 Å². The maximum Gasteiger partial charge on any atom is 0.279 e. The van der Waals surface area contributed by atoms with E-state index in [0.717, 1.165) is 0 Å². The minimum absolute atomic E-state index is 0.0593. The van der Waals surface area contributed by atoms with Gasteiger partial charge in [-0.25, -0.2) is 4.39 Å². The Bertz CT molecular complexity index is 771. The van der Waals surface area contributed by atoms with Crippen molar-refractivity contribution in [2.75, 3.05) is 0 Å². The monoisotopic (exact) mass is 370 g/mol. The van der Waals surface area contributed by atoms with Crippen LogP contribution in [0.3, 0.4) is 0 Å². The van der Waals surface area contributed by atoms with Crippen LogP contribution in [-0.4, -0.2) is 17.9 Å². The number of nitrogens with one attached hydrogen (secondary N) is 2. The highest BCUT2D eigenvalue weighted by molar-refractivity contribution is 6.42. The highest BCUT2D eigenvalue weighted by Crippen LogP contribution is 2.22. The van der Waals surface area contributed by atoms with Gasteiger partial charge >= 0.3 is 0 Å². The number of amides is 2. The molecule has 0 aliphatic carbocycles. The van der Waals surface area contributed by atoms with Crippen molar-refractivity contribution >= 4 is 35.0 Å². The van der Waals surface area contributed by atoms with Crippen molar-refractivity contribution < 1.29 is 18.7 Å². The number of hydrogen-bond acceptors (Lipinski definition) is 3. The van der Waals surface area contributed by atoms with Crippen molar-refractivity contribution in [2.45, 2.75) is 13.0 Å². The van der Waals surface area contributed by atoms with Gasteiger partial charge in [0.15, 0.2) is 17.7 Å². The number of carbonyl (C=O) groups is 2. The van der Waals surface area contributed by atoms with Gasteiger partial charge in [-0.1, -0.05) is 35.3 Å². The van der Waals surface area contributed by atoms with Crippen LogP contribution < -0.4 is 15.6 Å². The summed E-state index contributed by atoms with van der Waals surface area (Å²) in [6.07, 6.45) is -1.02. The number of hydrazine groups is 1. The third-order valence-electron chi connectivity index (χ3n) is 2.99. The molecule has 2 rings (SSSR count). The normalized spacial score (nSPS) is 11.5. The third kappa shape index (κ3) is 4.59. The Balaban J connectivity index is 1.91. The predicted molar refractivity (Wildman–Crippen MR) is 88.6 cm³/mol.